The van der Waals surface area contributed by atoms with E-state index in [1.165, 1.54) is 5.56 Å². The zero-order valence-electron chi connectivity index (χ0n) is 13.7. The SMILES string of the molecule is COc1ccc(C)cc1NC(=O)C[NH+](C)Cc1ccc(Br)cc1. The van der Waals surface area contributed by atoms with Crippen molar-refractivity contribution >= 4 is 27.5 Å². The van der Waals surface area contributed by atoms with E-state index >= 15 is 0 Å². The number of benzene rings is 2. The van der Waals surface area contributed by atoms with Crippen molar-refractivity contribution < 1.29 is 14.4 Å². The predicted molar refractivity (Wildman–Crippen MR) is 96.0 cm³/mol. The summed E-state index contributed by atoms with van der Waals surface area (Å²) < 4.78 is 6.35. The summed E-state index contributed by atoms with van der Waals surface area (Å²) in [5.41, 5.74) is 3.00. The molecule has 1 unspecified atom stereocenters. The summed E-state index contributed by atoms with van der Waals surface area (Å²) in [6.45, 7) is 3.18. The minimum atomic E-state index is -0.0245. The maximum Gasteiger partial charge on any atom is 0.279 e. The molecule has 0 radical (unpaired) electrons. The van der Waals surface area contributed by atoms with Gasteiger partial charge in [0.2, 0.25) is 0 Å². The summed E-state index contributed by atoms with van der Waals surface area (Å²) in [5.74, 6) is 0.651. The predicted octanol–water partition coefficient (Wildman–Crippen LogP) is 2.42. The summed E-state index contributed by atoms with van der Waals surface area (Å²) in [7, 11) is 3.61. The van der Waals surface area contributed by atoms with Gasteiger partial charge in [-0.1, -0.05) is 34.1 Å². The zero-order valence-corrected chi connectivity index (χ0v) is 15.2. The molecule has 0 aliphatic carbocycles. The molecule has 0 aromatic heterocycles. The first-order chi connectivity index (χ1) is 11.0. The van der Waals surface area contributed by atoms with Gasteiger partial charge in [0.1, 0.15) is 12.3 Å². The van der Waals surface area contributed by atoms with Crippen molar-refractivity contribution in [2.24, 2.45) is 0 Å². The number of hydrogen-bond donors (Lipinski definition) is 2. The van der Waals surface area contributed by atoms with Gasteiger partial charge in [0, 0.05) is 10.0 Å². The molecule has 2 aromatic carbocycles. The Morgan fingerprint density at radius 1 is 1.22 bits per heavy atom. The monoisotopic (exact) mass is 377 g/mol. The Balaban J connectivity index is 1.94. The average Bonchev–Trinajstić information content (AvgIpc) is 2.49. The van der Waals surface area contributed by atoms with Gasteiger partial charge in [0.05, 0.1) is 19.8 Å². The maximum atomic E-state index is 12.3. The van der Waals surface area contributed by atoms with Crippen LogP contribution in [0.4, 0.5) is 5.69 Å². The highest BCUT2D eigenvalue weighted by atomic mass is 79.9. The number of hydrogen-bond acceptors (Lipinski definition) is 2. The third kappa shape index (κ3) is 5.37. The third-order valence-corrected chi connectivity index (χ3v) is 4.04. The van der Waals surface area contributed by atoms with E-state index in [-0.39, 0.29) is 5.91 Å². The fourth-order valence-electron chi connectivity index (χ4n) is 2.40. The Kier molecular flexibility index (Phi) is 6.19. The van der Waals surface area contributed by atoms with Crippen LogP contribution in [-0.2, 0) is 11.3 Å². The van der Waals surface area contributed by atoms with Crippen LogP contribution in [0.2, 0.25) is 0 Å². The summed E-state index contributed by atoms with van der Waals surface area (Å²) in [6.07, 6.45) is 0. The van der Waals surface area contributed by atoms with Crippen molar-refractivity contribution in [3.63, 3.8) is 0 Å². The summed E-state index contributed by atoms with van der Waals surface area (Å²) in [4.78, 5) is 13.4. The van der Waals surface area contributed by atoms with Crippen LogP contribution in [0.5, 0.6) is 5.75 Å². The van der Waals surface area contributed by atoms with Gasteiger partial charge in [-0.15, -0.1) is 0 Å². The molecule has 0 saturated carbocycles. The highest BCUT2D eigenvalue weighted by Crippen LogP contribution is 2.24. The molecular weight excluding hydrogens is 356 g/mol. The summed E-state index contributed by atoms with van der Waals surface area (Å²) >= 11 is 3.43. The van der Waals surface area contributed by atoms with Crippen LogP contribution >= 0.6 is 15.9 Å². The van der Waals surface area contributed by atoms with Crippen molar-refractivity contribution in [3.8, 4) is 5.75 Å². The Morgan fingerprint density at radius 3 is 2.57 bits per heavy atom. The lowest BCUT2D eigenvalue weighted by atomic mass is 10.2. The van der Waals surface area contributed by atoms with Gasteiger partial charge in [-0.25, -0.2) is 0 Å². The van der Waals surface area contributed by atoms with Crippen molar-refractivity contribution in [3.05, 3.63) is 58.1 Å². The molecule has 5 heteroatoms. The van der Waals surface area contributed by atoms with Gasteiger partial charge in [-0.2, -0.15) is 0 Å². The largest absolute Gasteiger partial charge is 0.495 e. The first kappa shape index (κ1) is 17.5. The van der Waals surface area contributed by atoms with Gasteiger partial charge in [0.15, 0.2) is 6.54 Å². The van der Waals surface area contributed by atoms with Crippen molar-refractivity contribution in [2.45, 2.75) is 13.5 Å². The first-order valence-corrected chi connectivity index (χ1v) is 8.27. The van der Waals surface area contributed by atoms with Gasteiger partial charge >= 0.3 is 0 Å². The molecule has 0 aliphatic heterocycles. The highest BCUT2D eigenvalue weighted by molar-refractivity contribution is 9.10. The Bertz CT molecular complexity index is 671. The second-order valence-electron chi connectivity index (χ2n) is 5.69. The third-order valence-electron chi connectivity index (χ3n) is 3.51. The van der Waals surface area contributed by atoms with E-state index in [0.29, 0.717) is 18.0 Å². The molecule has 4 nitrogen and oxygen atoms in total. The highest BCUT2D eigenvalue weighted by Gasteiger charge is 2.13. The molecule has 122 valence electrons. The van der Waals surface area contributed by atoms with Crippen LogP contribution < -0.4 is 15.0 Å². The molecule has 0 saturated heterocycles. The summed E-state index contributed by atoms with van der Waals surface area (Å²) in [6, 6.07) is 13.9. The fraction of sp³-hybridized carbons (Fsp3) is 0.278. The van der Waals surface area contributed by atoms with Crippen LogP contribution in [-0.4, -0.2) is 26.6 Å². The second kappa shape index (κ2) is 8.13. The lowest BCUT2D eigenvalue weighted by molar-refractivity contribution is -0.885. The number of amides is 1. The summed E-state index contributed by atoms with van der Waals surface area (Å²) in [5, 5.41) is 2.94. The van der Waals surface area contributed by atoms with Crippen LogP contribution in [0.1, 0.15) is 11.1 Å². The number of rotatable bonds is 6. The minimum absolute atomic E-state index is 0.0245. The smallest absolute Gasteiger partial charge is 0.279 e. The van der Waals surface area contributed by atoms with Crippen molar-refractivity contribution in [1.82, 2.24) is 0 Å². The standard InChI is InChI=1S/C18H21BrN2O2/c1-13-4-9-17(23-3)16(10-13)20-18(22)12-21(2)11-14-5-7-15(19)8-6-14/h4-10H,11-12H2,1-3H3,(H,20,22)/p+1. The number of ether oxygens (including phenoxy) is 1. The Morgan fingerprint density at radius 2 is 1.91 bits per heavy atom. The van der Waals surface area contributed by atoms with Crippen molar-refractivity contribution in [2.75, 3.05) is 26.0 Å². The van der Waals surface area contributed by atoms with E-state index in [9.17, 15) is 4.79 Å². The molecule has 23 heavy (non-hydrogen) atoms. The molecule has 0 bridgehead atoms. The van der Waals surface area contributed by atoms with Crippen LogP contribution in [0.15, 0.2) is 46.9 Å². The van der Waals surface area contributed by atoms with E-state index in [0.717, 1.165) is 21.5 Å². The van der Waals surface area contributed by atoms with Gasteiger partial charge < -0.3 is 15.0 Å². The molecule has 2 rings (SSSR count). The number of carbonyl (C=O) groups is 1. The fourth-order valence-corrected chi connectivity index (χ4v) is 2.67. The van der Waals surface area contributed by atoms with Gasteiger partial charge in [-0.05, 0) is 36.8 Å². The molecule has 0 spiro atoms. The topological polar surface area (TPSA) is 42.8 Å². The molecule has 0 aliphatic rings. The molecular formula is C18H22BrN2O2+. The molecule has 0 fully saturated rings. The lowest BCUT2D eigenvalue weighted by Gasteiger charge is -2.15. The molecule has 1 atom stereocenters. The van der Waals surface area contributed by atoms with Crippen molar-refractivity contribution in [1.29, 1.82) is 0 Å². The van der Waals surface area contributed by atoms with E-state index in [4.69, 9.17) is 4.74 Å². The van der Waals surface area contributed by atoms with Gasteiger partial charge in [0.25, 0.3) is 5.91 Å². The number of quaternary nitrogens is 1. The van der Waals surface area contributed by atoms with E-state index in [2.05, 4.69) is 33.4 Å². The van der Waals surface area contributed by atoms with E-state index in [1.54, 1.807) is 7.11 Å². The van der Waals surface area contributed by atoms with Gasteiger partial charge in [-0.3, -0.25) is 4.79 Å². The van der Waals surface area contributed by atoms with Crippen LogP contribution in [0, 0.1) is 6.92 Å². The molecule has 2 aromatic rings. The number of carbonyl (C=O) groups excluding carboxylic acids is 1. The lowest BCUT2D eigenvalue weighted by Crippen LogP contribution is -3.08. The molecule has 2 N–H and O–H groups in total. The first-order valence-electron chi connectivity index (χ1n) is 7.48. The van der Waals surface area contributed by atoms with Crippen LogP contribution in [0.3, 0.4) is 0 Å². The minimum Gasteiger partial charge on any atom is -0.495 e. The number of anilines is 1. The van der Waals surface area contributed by atoms with E-state index < -0.39 is 0 Å². The zero-order chi connectivity index (χ0) is 16.8. The Labute approximate surface area is 145 Å². The number of methoxy groups -OCH3 is 1. The number of halogens is 1. The Hall–Kier alpha value is -1.85. The second-order valence-corrected chi connectivity index (χ2v) is 6.60. The number of aryl methyl sites for hydroxylation is 1. The number of likely N-dealkylation sites (N-methyl/N-ethyl adjacent to an activating group) is 1. The average molecular weight is 378 g/mol. The normalized spacial score (nSPS) is 11.8. The van der Waals surface area contributed by atoms with Crippen LogP contribution in [0.25, 0.3) is 0 Å². The quantitative estimate of drug-likeness (QED) is 0.811. The molecule has 0 heterocycles. The maximum absolute atomic E-state index is 12.3. The molecule has 1 amide bonds. The number of nitrogens with one attached hydrogen (secondary N) is 2. The van der Waals surface area contributed by atoms with E-state index in [1.807, 2.05) is 44.3 Å².